The average molecular weight is 484 g/mol. The fourth-order valence-corrected chi connectivity index (χ4v) is 5.45. The third-order valence-corrected chi connectivity index (χ3v) is 7.69. The number of hydrogen-bond donors (Lipinski definition) is 0. The highest BCUT2D eigenvalue weighted by Crippen LogP contribution is 2.33. The molecule has 1 aliphatic carbocycles. The van der Waals surface area contributed by atoms with Crippen LogP contribution in [0.4, 0.5) is 0 Å². The van der Waals surface area contributed by atoms with Crippen LogP contribution in [-0.4, -0.2) is 37.2 Å². The van der Waals surface area contributed by atoms with Gasteiger partial charge in [0.1, 0.15) is 0 Å². The van der Waals surface area contributed by atoms with Crippen LogP contribution in [0.25, 0.3) is 22.0 Å². The first kappa shape index (κ1) is 22.4. The van der Waals surface area contributed by atoms with Gasteiger partial charge in [0.05, 0.1) is 5.52 Å². The molecule has 6 rings (SSSR count). The van der Waals surface area contributed by atoms with Gasteiger partial charge in [-0.2, -0.15) is 0 Å². The Balaban J connectivity index is 1.40. The molecule has 0 unspecified atom stereocenters. The Morgan fingerprint density at radius 3 is 2.69 bits per heavy atom. The number of aryl methyl sites for hydroxylation is 1. The van der Waals surface area contributed by atoms with Gasteiger partial charge in [-0.25, -0.2) is 9.97 Å². The van der Waals surface area contributed by atoms with Crippen molar-refractivity contribution in [2.75, 3.05) is 12.8 Å². The van der Waals surface area contributed by atoms with E-state index in [9.17, 15) is 4.79 Å². The number of nitrogens with zero attached hydrogens (tertiary/aromatic N) is 5. The highest BCUT2D eigenvalue weighted by atomic mass is 32.2. The van der Waals surface area contributed by atoms with E-state index in [4.69, 9.17) is 4.98 Å². The van der Waals surface area contributed by atoms with E-state index >= 15 is 0 Å². The highest BCUT2D eigenvalue weighted by Gasteiger charge is 2.28. The molecule has 1 fully saturated rings. The molecule has 0 radical (unpaired) electrons. The molecular formula is C28H29N5OS. The lowest BCUT2D eigenvalue weighted by atomic mass is 9.96. The van der Waals surface area contributed by atoms with Crippen LogP contribution in [0.1, 0.15) is 35.4 Å². The molecule has 6 nitrogen and oxygen atoms in total. The zero-order valence-corrected chi connectivity index (χ0v) is 21.0. The third-order valence-electron chi connectivity index (χ3n) is 7.12. The van der Waals surface area contributed by atoms with Gasteiger partial charge < -0.3 is 4.57 Å². The number of fused-ring (bicyclic) bond motifs is 2. The molecule has 4 heterocycles. The van der Waals surface area contributed by atoms with E-state index in [2.05, 4.69) is 37.6 Å². The summed E-state index contributed by atoms with van der Waals surface area (Å²) >= 11 is 1.56. The predicted molar refractivity (Wildman–Crippen MR) is 141 cm³/mol. The van der Waals surface area contributed by atoms with E-state index in [1.165, 1.54) is 24.1 Å². The van der Waals surface area contributed by atoms with E-state index in [0.717, 1.165) is 71.0 Å². The maximum atomic E-state index is 13.9. The van der Waals surface area contributed by atoms with Crippen LogP contribution in [0.3, 0.4) is 0 Å². The Morgan fingerprint density at radius 2 is 1.91 bits per heavy atom. The van der Waals surface area contributed by atoms with Gasteiger partial charge in [0.2, 0.25) is 0 Å². The summed E-state index contributed by atoms with van der Waals surface area (Å²) in [6.07, 6.45) is 9.18. The fourth-order valence-electron chi connectivity index (χ4n) is 5.14. The van der Waals surface area contributed by atoms with Crippen molar-refractivity contribution in [1.29, 1.82) is 0 Å². The average Bonchev–Trinajstić information content (AvgIpc) is 3.70. The van der Waals surface area contributed by atoms with Crippen LogP contribution in [0, 0.1) is 12.8 Å². The normalized spacial score (nSPS) is 15.9. The Morgan fingerprint density at radius 1 is 1.09 bits per heavy atom. The number of hydrogen-bond acceptors (Lipinski definition) is 6. The number of thioether (sulfide) groups is 1. The number of pyridine rings is 2. The van der Waals surface area contributed by atoms with Gasteiger partial charge in [-0.3, -0.25) is 14.7 Å². The summed E-state index contributed by atoms with van der Waals surface area (Å²) in [7, 11) is 0. The quantitative estimate of drug-likeness (QED) is 0.289. The predicted octanol–water partition coefficient (Wildman–Crippen LogP) is 4.85. The van der Waals surface area contributed by atoms with Gasteiger partial charge in [-0.15, -0.1) is 0 Å². The summed E-state index contributed by atoms with van der Waals surface area (Å²) in [4.78, 5) is 29.9. The molecule has 0 spiro atoms. The van der Waals surface area contributed by atoms with Gasteiger partial charge in [0.25, 0.3) is 5.56 Å². The molecule has 1 aliphatic heterocycles. The summed E-state index contributed by atoms with van der Waals surface area (Å²) in [5.41, 5.74) is 7.41. The van der Waals surface area contributed by atoms with Crippen molar-refractivity contribution in [3.05, 3.63) is 81.7 Å². The Kier molecular flexibility index (Phi) is 5.90. The molecule has 0 atom stereocenters. The molecular weight excluding hydrogens is 454 g/mol. The SMILES string of the molecule is CSc1ncc(CN2CCc3c(cc(-c4cccc5nc(C)ccc45)c(=O)n3CC3CC3)C2)cn1. The van der Waals surface area contributed by atoms with E-state index < -0.39 is 0 Å². The second-order valence-corrected chi connectivity index (χ2v) is 10.5. The van der Waals surface area contributed by atoms with E-state index in [1.54, 1.807) is 11.8 Å². The van der Waals surface area contributed by atoms with Crippen LogP contribution in [0.5, 0.6) is 0 Å². The molecule has 0 amide bonds. The molecule has 4 aromatic rings. The van der Waals surface area contributed by atoms with Gasteiger partial charge in [-0.1, -0.05) is 30.0 Å². The third kappa shape index (κ3) is 4.50. The zero-order valence-electron chi connectivity index (χ0n) is 20.2. The van der Waals surface area contributed by atoms with Gasteiger partial charge >= 0.3 is 0 Å². The van der Waals surface area contributed by atoms with E-state index in [-0.39, 0.29) is 5.56 Å². The summed E-state index contributed by atoms with van der Waals surface area (Å²) in [5.74, 6) is 0.633. The molecule has 3 aromatic heterocycles. The summed E-state index contributed by atoms with van der Waals surface area (Å²) in [6.45, 7) is 5.39. The van der Waals surface area contributed by atoms with Crippen LogP contribution in [-0.2, 0) is 26.1 Å². The number of rotatable bonds is 6. The van der Waals surface area contributed by atoms with E-state index in [0.29, 0.717) is 5.92 Å². The van der Waals surface area contributed by atoms with Crippen molar-refractivity contribution in [2.45, 2.75) is 51.0 Å². The monoisotopic (exact) mass is 483 g/mol. The lowest BCUT2D eigenvalue weighted by molar-refractivity contribution is 0.239. The van der Waals surface area contributed by atoms with E-state index in [1.807, 2.05) is 43.8 Å². The molecule has 178 valence electrons. The molecule has 0 saturated heterocycles. The minimum Gasteiger partial charge on any atom is -0.311 e. The van der Waals surface area contributed by atoms with Crippen molar-refractivity contribution in [3.8, 4) is 11.1 Å². The van der Waals surface area contributed by atoms with Crippen molar-refractivity contribution in [2.24, 2.45) is 5.92 Å². The van der Waals surface area contributed by atoms with Crippen molar-refractivity contribution in [3.63, 3.8) is 0 Å². The lowest BCUT2D eigenvalue weighted by Crippen LogP contribution is -2.36. The van der Waals surface area contributed by atoms with Crippen LogP contribution in [0.15, 0.2) is 58.7 Å². The molecule has 1 saturated carbocycles. The van der Waals surface area contributed by atoms with Crippen LogP contribution in [0.2, 0.25) is 0 Å². The molecule has 35 heavy (non-hydrogen) atoms. The van der Waals surface area contributed by atoms with Gasteiger partial charge in [-0.05, 0) is 61.3 Å². The van der Waals surface area contributed by atoms with Crippen molar-refractivity contribution >= 4 is 22.7 Å². The smallest absolute Gasteiger partial charge is 0.258 e. The summed E-state index contributed by atoms with van der Waals surface area (Å²) in [6, 6.07) is 12.4. The summed E-state index contributed by atoms with van der Waals surface area (Å²) in [5, 5.41) is 1.83. The van der Waals surface area contributed by atoms with Crippen molar-refractivity contribution in [1.82, 2.24) is 24.4 Å². The Labute approximate surface area is 209 Å². The molecule has 0 N–H and O–H groups in total. The Bertz CT molecular complexity index is 1460. The molecule has 1 aromatic carbocycles. The topological polar surface area (TPSA) is 63.9 Å². The minimum atomic E-state index is 0.137. The second kappa shape index (κ2) is 9.21. The first-order chi connectivity index (χ1) is 17.1. The first-order valence-corrected chi connectivity index (χ1v) is 13.5. The lowest BCUT2D eigenvalue weighted by Gasteiger charge is -2.31. The molecule has 2 aliphatic rings. The second-order valence-electron chi connectivity index (χ2n) is 9.75. The van der Waals surface area contributed by atoms with Gasteiger partial charge in [0, 0.05) is 72.9 Å². The minimum absolute atomic E-state index is 0.137. The molecule has 7 heteroatoms. The maximum absolute atomic E-state index is 13.9. The maximum Gasteiger partial charge on any atom is 0.258 e. The standard InChI is InChI=1S/C28H29N5OS/c1-18-6-9-23-22(4-3-5-25(23)31-18)24-12-21-17-32(15-20-13-29-28(35-2)30-14-20)11-10-26(21)33(27(24)34)16-19-7-8-19/h3-6,9,12-14,19H,7-8,10-11,15-17H2,1-2H3. The van der Waals surface area contributed by atoms with Crippen LogP contribution < -0.4 is 5.56 Å². The summed E-state index contributed by atoms with van der Waals surface area (Å²) < 4.78 is 2.09. The van der Waals surface area contributed by atoms with Crippen LogP contribution >= 0.6 is 11.8 Å². The first-order valence-electron chi connectivity index (χ1n) is 12.3. The van der Waals surface area contributed by atoms with Gasteiger partial charge in [0.15, 0.2) is 5.16 Å². The Hall–Kier alpha value is -3.03. The molecule has 0 bridgehead atoms. The zero-order chi connectivity index (χ0) is 23.9. The largest absolute Gasteiger partial charge is 0.311 e. The van der Waals surface area contributed by atoms with Crippen molar-refractivity contribution < 1.29 is 0 Å². The fraction of sp³-hybridized carbons (Fsp3) is 0.357. The highest BCUT2D eigenvalue weighted by molar-refractivity contribution is 7.98. The number of benzene rings is 1. The number of aromatic nitrogens is 4.